The fourth-order valence-corrected chi connectivity index (χ4v) is 1.76. The lowest BCUT2D eigenvalue weighted by Gasteiger charge is -2.04. The molecule has 0 radical (unpaired) electrons. The van der Waals surface area contributed by atoms with Gasteiger partial charge in [0.15, 0.2) is 0 Å². The highest BCUT2D eigenvalue weighted by Crippen LogP contribution is 2.34. The first kappa shape index (κ1) is 8.11. The monoisotopic (exact) mass is 225 g/mol. The van der Waals surface area contributed by atoms with Crippen molar-refractivity contribution in [3.8, 4) is 0 Å². The molecule has 1 saturated carbocycles. The smallest absolute Gasteiger partial charge is 0.0357 e. The van der Waals surface area contributed by atoms with Gasteiger partial charge in [-0.2, -0.15) is 0 Å². The molecule has 1 aliphatic rings. The summed E-state index contributed by atoms with van der Waals surface area (Å²) in [6.45, 7) is 0. The maximum absolute atomic E-state index is 5.87. The van der Waals surface area contributed by atoms with Crippen LogP contribution in [-0.4, -0.2) is 0 Å². The van der Waals surface area contributed by atoms with Crippen LogP contribution in [0.25, 0.3) is 0 Å². The van der Waals surface area contributed by atoms with Crippen molar-refractivity contribution < 1.29 is 0 Å². The molecule has 1 nitrogen and oxygen atoms in total. The summed E-state index contributed by atoms with van der Waals surface area (Å²) in [5, 5.41) is 0. The molecule has 0 atom stereocenters. The highest BCUT2D eigenvalue weighted by atomic mass is 79.9. The number of benzene rings is 1. The van der Waals surface area contributed by atoms with Gasteiger partial charge >= 0.3 is 0 Å². The van der Waals surface area contributed by atoms with Crippen LogP contribution in [0.5, 0.6) is 0 Å². The van der Waals surface area contributed by atoms with Gasteiger partial charge in [-0.3, -0.25) is 0 Å². The molecule has 1 aromatic rings. The van der Waals surface area contributed by atoms with Gasteiger partial charge in [-0.1, -0.05) is 22.0 Å². The van der Waals surface area contributed by atoms with Crippen molar-refractivity contribution in [1.82, 2.24) is 0 Å². The summed E-state index contributed by atoms with van der Waals surface area (Å²) in [7, 11) is 0. The summed E-state index contributed by atoms with van der Waals surface area (Å²) in [4.78, 5) is 0. The highest BCUT2D eigenvalue weighted by Gasteiger charge is 2.22. The molecule has 0 amide bonds. The van der Waals surface area contributed by atoms with Crippen molar-refractivity contribution in [3.63, 3.8) is 0 Å². The highest BCUT2D eigenvalue weighted by molar-refractivity contribution is 9.10. The van der Waals surface area contributed by atoms with E-state index in [1.165, 1.54) is 24.8 Å². The van der Waals surface area contributed by atoms with Crippen molar-refractivity contribution in [2.24, 2.45) is 5.92 Å². The molecule has 0 aliphatic heterocycles. The quantitative estimate of drug-likeness (QED) is 0.770. The number of halogens is 1. The number of hydrogen-bond donors (Lipinski definition) is 1. The minimum Gasteiger partial charge on any atom is -0.398 e. The summed E-state index contributed by atoms with van der Waals surface area (Å²) in [6.07, 6.45) is 3.93. The number of nitrogens with two attached hydrogens (primary N) is 1. The van der Waals surface area contributed by atoms with E-state index in [4.69, 9.17) is 5.73 Å². The van der Waals surface area contributed by atoms with Crippen LogP contribution in [0.1, 0.15) is 18.4 Å². The first-order valence-corrected chi connectivity index (χ1v) is 5.09. The third-order valence-electron chi connectivity index (χ3n) is 2.31. The molecular weight excluding hydrogens is 214 g/mol. The Morgan fingerprint density at radius 2 is 2.17 bits per heavy atom. The molecule has 0 unspecified atom stereocenters. The number of nitrogen functional groups attached to an aromatic ring is 1. The predicted octanol–water partition coefficient (Wildman–Crippen LogP) is 2.98. The molecule has 0 saturated heterocycles. The van der Waals surface area contributed by atoms with Crippen LogP contribution in [0, 0.1) is 5.92 Å². The average Bonchev–Trinajstić information content (AvgIpc) is 2.79. The zero-order chi connectivity index (χ0) is 8.55. The van der Waals surface area contributed by atoms with Crippen LogP contribution in [0.15, 0.2) is 22.7 Å². The van der Waals surface area contributed by atoms with Gasteiger partial charge in [0.05, 0.1) is 0 Å². The van der Waals surface area contributed by atoms with E-state index in [0.29, 0.717) is 0 Å². The molecule has 64 valence electrons. The minimum absolute atomic E-state index is 0.911. The van der Waals surface area contributed by atoms with E-state index in [-0.39, 0.29) is 0 Å². The summed E-state index contributed by atoms with van der Waals surface area (Å²) < 4.78 is 1.07. The molecule has 2 N–H and O–H groups in total. The first-order valence-electron chi connectivity index (χ1n) is 4.29. The van der Waals surface area contributed by atoms with Crippen molar-refractivity contribution in [3.05, 3.63) is 28.2 Å². The van der Waals surface area contributed by atoms with Gasteiger partial charge in [0, 0.05) is 10.2 Å². The molecule has 1 fully saturated rings. The molecule has 1 aromatic carbocycles. The standard InChI is InChI=1S/C10H12BrN/c11-9-4-3-8(10(12)6-9)5-7-1-2-7/h3-4,6-7H,1-2,5,12H2. The van der Waals surface area contributed by atoms with E-state index < -0.39 is 0 Å². The second kappa shape index (κ2) is 3.09. The van der Waals surface area contributed by atoms with E-state index in [1.54, 1.807) is 0 Å². The van der Waals surface area contributed by atoms with Gasteiger partial charge in [-0.15, -0.1) is 0 Å². The summed E-state index contributed by atoms with van der Waals surface area (Å²) in [5.74, 6) is 0.911. The Balaban J connectivity index is 2.18. The Hall–Kier alpha value is -0.500. The minimum atomic E-state index is 0.911. The summed E-state index contributed by atoms with van der Waals surface area (Å²) in [5.41, 5.74) is 8.10. The summed E-state index contributed by atoms with van der Waals surface area (Å²) >= 11 is 3.40. The van der Waals surface area contributed by atoms with E-state index in [9.17, 15) is 0 Å². The molecule has 1 aliphatic carbocycles. The van der Waals surface area contributed by atoms with Crippen molar-refractivity contribution >= 4 is 21.6 Å². The predicted molar refractivity (Wildman–Crippen MR) is 55.0 cm³/mol. The van der Waals surface area contributed by atoms with E-state index in [2.05, 4.69) is 28.1 Å². The number of rotatable bonds is 2. The Bertz CT molecular complexity index is 292. The zero-order valence-electron chi connectivity index (χ0n) is 6.89. The Morgan fingerprint density at radius 1 is 1.42 bits per heavy atom. The van der Waals surface area contributed by atoms with E-state index in [1.807, 2.05) is 6.07 Å². The van der Waals surface area contributed by atoms with Crippen LogP contribution < -0.4 is 5.73 Å². The van der Waals surface area contributed by atoms with Crippen LogP contribution in [0.4, 0.5) is 5.69 Å². The Morgan fingerprint density at radius 3 is 2.75 bits per heavy atom. The number of anilines is 1. The molecule has 0 bridgehead atoms. The topological polar surface area (TPSA) is 26.0 Å². The molecule has 2 heteroatoms. The Kier molecular flexibility index (Phi) is 2.09. The van der Waals surface area contributed by atoms with Gasteiger partial charge in [0.1, 0.15) is 0 Å². The SMILES string of the molecule is Nc1cc(Br)ccc1CC1CC1. The molecule has 2 rings (SSSR count). The first-order chi connectivity index (χ1) is 5.75. The van der Waals surface area contributed by atoms with E-state index in [0.717, 1.165) is 16.1 Å². The normalized spacial score (nSPS) is 16.4. The van der Waals surface area contributed by atoms with Gasteiger partial charge in [-0.05, 0) is 42.9 Å². The fourth-order valence-electron chi connectivity index (χ4n) is 1.38. The summed E-state index contributed by atoms with van der Waals surface area (Å²) in [6, 6.07) is 6.17. The van der Waals surface area contributed by atoms with Gasteiger partial charge in [-0.25, -0.2) is 0 Å². The van der Waals surface area contributed by atoms with Crippen molar-refractivity contribution in [2.45, 2.75) is 19.3 Å². The zero-order valence-corrected chi connectivity index (χ0v) is 8.47. The third kappa shape index (κ3) is 1.81. The molecular formula is C10H12BrN. The fraction of sp³-hybridized carbons (Fsp3) is 0.400. The molecule has 12 heavy (non-hydrogen) atoms. The number of hydrogen-bond acceptors (Lipinski definition) is 1. The van der Waals surface area contributed by atoms with Gasteiger partial charge < -0.3 is 5.73 Å². The lowest BCUT2D eigenvalue weighted by atomic mass is 10.1. The second-order valence-corrected chi connectivity index (χ2v) is 4.41. The van der Waals surface area contributed by atoms with Crippen LogP contribution in [-0.2, 0) is 6.42 Å². The molecule has 0 heterocycles. The maximum atomic E-state index is 5.87. The average molecular weight is 226 g/mol. The maximum Gasteiger partial charge on any atom is 0.0357 e. The van der Waals surface area contributed by atoms with Crippen LogP contribution in [0.3, 0.4) is 0 Å². The second-order valence-electron chi connectivity index (χ2n) is 3.49. The lowest BCUT2D eigenvalue weighted by Crippen LogP contribution is -1.95. The van der Waals surface area contributed by atoms with Crippen molar-refractivity contribution in [2.75, 3.05) is 5.73 Å². The van der Waals surface area contributed by atoms with Crippen molar-refractivity contribution in [1.29, 1.82) is 0 Å². The molecule has 0 spiro atoms. The largest absolute Gasteiger partial charge is 0.398 e. The van der Waals surface area contributed by atoms with Gasteiger partial charge in [0.2, 0.25) is 0 Å². The van der Waals surface area contributed by atoms with E-state index >= 15 is 0 Å². The third-order valence-corrected chi connectivity index (χ3v) is 2.81. The van der Waals surface area contributed by atoms with Gasteiger partial charge in [0.25, 0.3) is 0 Å². The molecule has 0 aromatic heterocycles. The van der Waals surface area contributed by atoms with Crippen LogP contribution >= 0.6 is 15.9 Å². The van der Waals surface area contributed by atoms with Crippen LogP contribution in [0.2, 0.25) is 0 Å². The Labute approximate surface area is 81.1 Å². The lowest BCUT2D eigenvalue weighted by molar-refractivity contribution is 0.834.